The third-order valence-corrected chi connectivity index (χ3v) is 11.9. The predicted octanol–water partition coefficient (Wildman–Crippen LogP) is 15.2. The highest BCUT2D eigenvalue weighted by Gasteiger charge is 2.23. The maximum atomic E-state index is 6.53. The highest BCUT2D eigenvalue weighted by atomic mass is 16.3. The topological polar surface area (TPSA) is 51.8 Å². The van der Waals surface area contributed by atoms with Crippen molar-refractivity contribution in [2.24, 2.45) is 0 Å². The largest absolute Gasteiger partial charge is 0.456 e. The van der Waals surface area contributed by atoms with Crippen LogP contribution in [0.15, 0.2) is 217 Å². The lowest BCUT2D eigenvalue weighted by Crippen LogP contribution is -2.02. The molecule has 0 aliphatic carbocycles. The Kier molecular flexibility index (Phi) is 8.13. The fourth-order valence-electron chi connectivity index (χ4n) is 8.94. The summed E-state index contributed by atoms with van der Waals surface area (Å²) in [4.78, 5) is 16.1. The van der Waals surface area contributed by atoms with Crippen molar-refractivity contribution < 1.29 is 4.42 Å². The highest BCUT2D eigenvalue weighted by molar-refractivity contribution is 6.15. The molecule has 0 aliphatic heterocycles. The summed E-state index contributed by atoms with van der Waals surface area (Å²) < 4.78 is 6.53. The Morgan fingerprint density at radius 1 is 0.279 bits per heavy atom. The number of fused-ring (bicyclic) bond motifs is 7. The lowest BCUT2D eigenvalue weighted by Gasteiger charge is -2.15. The van der Waals surface area contributed by atoms with E-state index in [4.69, 9.17) is 19.4 Å². The number of hydrogen-bond donors (Lipinski definition) is 0. The molecular formula is C57H35N3O. The molecule has 284 valence electrons. The Balaban J connectivity index is 1.10. The Bertz CT molecular complexity index is 3650. The van der Waals surface area contributed by atoms with Crippen molar-refractivity contribution in [2.75, 3.05) is 0 Å². The van der Waals surface area contributed by atoms with Crippen LogP contribution >= 0.6 is 0 Å². The number of furan rings is 1. The molecule has 0 atom stereocenters. The van der Waals surface area contributed by atoms with Gasteiger partial charge in [-0.05, 0) is 96.0 Å². The van der Waals surface area contributed by atoms with Gasteiger partial charge in [-0.2, -0.15) is 0 Å². The molecule has 2 aromatic heterocycles. The highest BCUT2D eigenvalue weighted by Crippen LogP contribution is 2.43. The Hall–Kier alpha value is -8.21. The van der Waals surface area contributed by atoms with Crippen molar-refractivity contribution in [1.82, 2.24) is 15.0 Å². The van der Waals surface area contributed by atoms with Crippen LogP contribution < -0.4 is 0 Å². The third kappa shape index (κ3) is 6.04. The van der Waals surface area contributed by atoms with E-state index in [2.05, 4.69) is 200 Å². The van der Waals surface area contributed by atoms with E-state index >= 15 is 0 Å². The maximum absolute atomic E-state index is 6.53. The predicted molar refractivity (Wildman–Crippen MR) is 252 cm³/mol. The van der Waals surface area contributed by atoms with Crippen molar-refractivity contribution in [3.05, 3.63) is 212 Å². The van der Waals surface area contributed by atoms with Crippen molar-refractivity contribution in [1.29, 1.82) is 0 Å². The molecule has 2 heterocycles. The molecule has 0 N–H and O–H groups in total. The first-order valence-electron chi connectivity index (χ1n) is 20.6. The fraction of sp³-hybridized carbons (Fsp3) is 0. The summed E-state index contributed by atoms with van der Waals surface area (Å²) in [6, 6.07) is 74.7. The van der Waals surface area contributed by atoms with Crippen LogP contribution in [0.25, 0.3) is 122 Å². The SMILES string of the molecule is c1ccc(-c2ccccc2-c2ccc(-c3ccc4oc5ccccc5c4c3-c3nc(-c4ccc5ccccc5c4)nc(-c4ccc5ccc6ccccc6c5c4)n3)cc2)cc1. The van der Waals surface area contributed by atoms with E-state index in [-0.39, 0.29) is 0 Å². The first-order chi connectivity index (χ1) is 30.2. The lowest BCUT2D eigenvalue weighted by atomic mass is 9.91. The van der Waals surface area contributed by atoms with E-state index in [0.29, 0.717) is 17.5 Å². The normalized spacial score (nSPS) is 11.6. The maximum Gasteiger partial charge on any atom is 0.165 e. The van der Waals surface area contributed by atoms with E-state index in [9.17, 15) is 0 Å². The summed E-state index contributed by atoms with van der Waals surface area (Å²) in [6.07, 6.45) is 0. The number of rotatable bonds is 6. The third-order valence-electron chi connectivity index (χ3n) is 11.9. The summed E-state index contributed by atoms with van der Waals surface area (Å²) in [5.41, 5.74) is 11.1. The minimum atomic E-state index is 0.580. The average Bonchev–Trinajstić information content (AvgIpc) is 3.72. The van der Waals surface area contributed by atoms with Gasteiger partial charge in [-0.15, -0.1) is 0 Å². The molecular weight excluding hydrogens is 743 g/mol. The molecule has 0 fully saturated rings. The van der Waals surface area contributed by atoms with E-state index < -0.39 is 0 Å². The molecule has 0 spiro atoms. The van der Waals surface area contributed by atoms with Gasteiger partial charge in [0.2, 0.25) is 0 Å². The van der Waals surface area contributed by atoms with E-state index in [1.165, 1.54) is 32.8 Å². The van der Waals surface area contributed by atoms with Crippen molar-refractivity contribution in [3.63, 3.8) is 0 Å². The molecule has 0 unspecified atom stereocenters. The van der Waals surface area contributed by atoms with Crippen LogP contribution in [0.3, 0.4) is 0 Å². The van der Waals surface area contributed by atoms with Crippen LogP contribution in [0.2, 0.25) is 0 Å². The summed E-state index contributed by atoms with van der Waals surface area (Å²) in [5, 5.41) is 8.97. The van der Waals surface area contributed by atoms with Gasteiger partial charge in [0, 0.05) is 27.5 Å². The van der Waals surface area contributed by atoms with E-state index in [1.54, 1.807) is 0 Å². The number of aromatic nitrogens is 3. The standard InChI is InChI=1S/C57H35N3O/c1-2-13-37(14-3-1)45-17-8-9-18-46(45)39-24-26-40(27-25-39)48-32-33-52-53(49-20-10-11-21-51(49)61-52)54(48)57-59-55(43-30-22-36-12-4-5-16-42(36)34-43)58-56(60-57)44-31-29-41-28-23-38-15-6-7-19-47(38)50(41)35-44/h1-35H. The van der Waals surface area contributed by atoms with Crippen LogP contribution in [-0.4, -0.2) is 15.0 Å². The van der Waals surface area contributed by atoms with Crippen LogP contribution in [0.5, 0.6) is 0 Å². The zero-order valence-corrected chi connectivity index (χ0v) is 33.0. The second-order valence-electron chi connectivity index (χ2n) is 15.5. The van der Waals surface area contributed by atoms with Gasteiger partial charge in [0.15, 0.2) is 17.5 Å². The number of para-hydroxylation sites is 1. The molecule has 61 heavy (non-hydrogen) atoms. The molecule has 0 aliphatic rings. The molecule has 0 bridgehead atoms. The summed E-state index contributed by atoms with van der Waals surface area (Å²) in [6.45, 7) is 0. The monoisotopic (exact) mass is 777 g/mol. The number of nitrogens with zero attached hydrogens (tertiary/aromatic N) is 3. The van der Waals surface area contributed by atoms with Gasteiger partial charge in [-0.1, -0.05) is 182 Å². The van der Waals surface area contributed by atoms with Gasteiger partial charge in [0.25, 0.3) is 0 Å². The smallest absolute Gasteiger partial charge is 0.165 e. The molecule has 0 amide bonds. The molecule has 12 aromatic rings. The zero-order valence-electron chi connectivity index (χ0n) is 33.0. The summed E-state index contributed by atoms with van der Waals surface area (Å²) in [5.74, 6) is 1.79. The number of benzene rings is 10. The van der Waals surface area contributed by atoms with E-state index in [1.807, 2.05) is 12.1 Å². The minimum absolute atomic E-state index is 0.580. The molecule has 0 saturated heterocycles. The first kappa shape index (κ1) is 34.8. The van der Waals surface area contributed by atoms with E-state index in [0.717, 1.165) is 71.5 Å². The number of hydrogen-bond acceptors (Lipinski definition) is 4. The quantitative estimate of drug-likeness (QED) is 0.158. The van der Waals surface area contributed by atoms with Crippen LogP contribution in [0.4, 0.5) is 0 Å². The Morgan fingerprint density at radius 2 is 0.787 bits per heavy atom. The Morgan fingerprint density at radius 3 is 1.54 bits per heavy atom. The van der Waals surface area contributed by atoms with Crippen molar-refractivity contribution >= 4 is 54.3 Å². The van der Waals surface area contributed by atoms with Gasteiger partial charge in [0.1, 0.15) is 11.2 Å². The summed E-state index contributed by atoms with van der Waals surface area (Å²) >= 11 is 0. The molecule has 4 nitrogen and oxygen atoms in total. The first-order valence-corrected chi connectivity index (χ1v) is 20.6. The summed E-state index contributed by atoms with van der Waals surface area (Å²) in [7, 11) is 0. The van der Waals surface area contributed by atoms with Gasteiger partial charge < -0.3 is 4.42 Å². The van der Waals surface area contributed by atoms with Gasteiger partial charge in [-0.25, -0.2) is 15.0 Å². The van der Waals surface area contributed by atoms with Crippen LogP contribution in [0, 0.1) is 0 Å². The van der Waals surface area contributed by atoms with Gasteiger partial charge in [-0.3, -0.25) is 0 Å². The molecule has 10 aromatic carbocycles. The molecule has 4 heteroatoms. The second kappa shape index (κ2) is 14.3. The molecule has 12 rings (SSSR count). The van der Waals surface area contributed by atoms with Crippen molar-refractivity contribution in [2.45, 2.75) is 0 Å². The molecule has 0 radical (unpaired) electrons. The minimum Gasteiger partial charge on any atom is -0.456 e. The lowest BCUT2D eigenvalue weighted by molar-refractivity contribution is 0.669. The fourth-order valence-corrected chi connectivity index (χ4v) is 8.94. The zero-order chi connectivity index (χ0) is 40.3. The van der Waals surface area contributed by atoms with Crippen LogP contribution in [-0.2, 0) is 0 Å². The second-order valence-corrected chi connectivity index (χ2v) is 15.5. The van der Waals surface area contributed by atoms with Crippen LogP contribution in [0.1, 0.15) is 0 Å². The Labute approximate surface area is 352 Å². The molecule has 0 saturated carbocycles. The van der Waals surface area contributed by atoms with Gasteiger partial charge in [0.05, 0.1) is 0 Å². The van der Waals surface area contributed by atoms with Gasteiger partial charge >= 0.3 is 0 Å². The average molecular weight is 778 g/mol. The van der Waals surface area contributed by atoms with Crippen molar-refractivity contribution in [3.8, 4) is 67.5 Å².